The Bertz CT molecular complexity index is 1250. The van der Waals surface area contributed by atoms with E-state index in [1.165, 1.54) is 25.9 Å². The van der Waals surface area contributed by atoms with Gasteiger partial charge in [-0.05, 0) is 47.8 Å². The lowest BCUT2D eigenvalue weighted by atomic mass is 10.1. The van der Waals surface area contributed by atoms with Crippen LogP contribution < -0.4 is 25.6 Å². The van der Waals surface area contributed by atoms with Gasteiger partial charge in [0.15, 0.2) is 22.3 Å². The van der Waals surface area contributed by atoms with Crippen molar-refractivity contribution in [1.82, 2.24) is 19.1 Å². The number of ether oxygens (including phenoxy) is 3. The molecule has 172 valence electrons. The Balaban J connectivity index is 2.21. The summed E-state index contributed by atoms with van der Waals surface area (Å²) < 4.78 is 20.1. The van der Waals surface area contributed by atoms with Crippen LogP contribution in [0.1, 0.15) is 25.8 Å². The van der Waals surface area contributed by atoms with E-state index in [1.54, 1.807) is 10.6 Å². The number of nitrogens with two attached hydrogens (primary N) is 1. The second-order valence-corrected chi connectivity index (χ2v) is 8.40. The van der Waals surface area contributed by atoms with Gasteiger partial charge >= 0.3 is 5.69 Å². The predicted octanol–water partition coefficient (Wildman–Crippen LogP) is 4.02. The summed E-state index contributed by atoms with van der Waals surface area (Å²) in [7, 11) is 4.59. The summed E-state index contributed by atoms with van der Waals surface area (Å²) in [5.74, 6) is 1.35. The third-order valence-electron chi connectivity index (χ3n) is 4.91. The Hall–Kier alpha value is -2.72. The molecule has 3 rings (SSSR count). The first-order chi connectivity index (χ1) is 15.2. The van der Waals surface area contributed by atoms with Crippen LogP contribution in [0, 0.1) is 0 Å². The number of anilines is 1. The van der Waals surface area contributed by atoms with Crippen molar-refractivity contribution in [3.05, 3.63) is 43.4 Å². The van der Waals surface area contributed by atoms with Gasteiger partial charge in [-0.25, -0.2) is 4.79 Å². The van der Waals surface area contributed by atoms with Crippen LogP contribution >= 0.6 is 27.5 Å². The number of halogens is 2. The molecule has 0 spiro atoms. The lowest BCUT2D eigenvalue weighted by molar-refractivity contribution is 0.322. The van der Waals surface area contributed by atoms with Crippen LogP contribution in [0.3, 0.4) is 0 Å². The number of allylic oxidation sites excluding steroid dienone is 2. The van der Waals surface area contributed by atoms with Crippen LogP contribution in [0.5, 0.6) is 17.2 Å². The summed E-state index contributed by atoms with van der Waals surface area (Å²) in [6.45, 7) is 4.60. The molecule has 0 atom stereocenters. The van der Waals surface area contributed by atoms with Crippen molar-refractivity contribution in [3.8, 4) is 17.2 Å². The molecule has 32 heavy (non-hydrogen) atoms. The van der Waals surface area contributed by atoms with E-state index in [-0.39, 0.29) is 23.3 Å². The van der Waals surface area contributed by atoms with Gasteiger partial charge in [0.2, 0.25) is 11.7 Å². The molecular formula is C21H25BrClN5O4. The first kappa shape index (κ1) is 23.9. The standard InChI is InChI=1S/C21H25BrClN5O4/c1-11(2)7-6-8-27-15-18(23)25-20(24)26-19(15)28(21(27)29)10-12-9-13(30-3)16(31-4)17(32-5)14(12)22/h7,9H,6,8,10H2,1-5H3,(H2,24,25,26). The van der Waals surface area contributed by atoms with E-state index in [0.717, 1.165) is 11.1 Å². The fourth-order valence-electron chi connectivity index (χ4n) is 3.47. The van der Waals surface area contributed by atoms with E-state index in [4.69, 9.17) is 31.5 Å². The quantitative estimate of drug-likeness (QED) is 0.349. The third kappa shape index (κ3) is 4.42. The molecule has 2 heterocycles. The lowest BCUT2D eigenvalue weighted by Crippen LogP contribution is -2.25. The molecule has 0 saturated heterocycles. The Morgan fingerprint density at radius 1 is 1.16 bits per heavy atom. The van der Waals surface area contributed by atoms with Crippen molar-refractivity contribution in [2.45, 2.75) is 33.4 Å². The largest absolute Gasteiger partial charge is 0.493 e. The van der Waals surface area contributed by atoms with Crippen molar-refractivity contribution in [1.29, 1.82) is 0 Å². The number of benzene rings is 1. The van der Waals surface area contributed by atoms with Gasteiger partial charge in [0, 0.05) is 6.54 Å². The van der Waals surface area contributed by atoms with Crippen LogP contribution in [0.25, 0.3) is 11.2 Å². The molecule has 2 N–H and O–H groups in total. The Morgan fingerprint density at radius 2 is 1.84 bits per heavy atom. The van der Waals surface area contributed by atoms with Gasteiger partial charge < -0.3 is 19.9 Å². The number of nitrogen functional groups attached to an aromatic ring is 1. The molecule has 1 aromatic carbocycles. The van der Waals surface area contributed by atoms with Gasteiger partial charge in [-0.1, -0.05) is 23.3 Å². The highest BCUT2D eigenvalue weighted by Gasteiger charge is 2.23. The first-order valence-electron chi connectivity index (χ1n) is 9.76. The maximum Gasteiger partial charge on any atom is 0.330 e. The minimum atomic E-state index is -0.274. The molecule has 0 aliphatic carbocycles. The van der Waals surface area contributed by atoms with Gasteiger partial charge in [0.05, 0.1) is 32.3 Å². The second kappa shape index (κ2) is 9.83. The molecule has 0 unspecified atom stereocenters. The van der Waals surface area contributed by atoms with Gasteiger partial charge in [0.25, 0.3) is 0 Å². The molecule has 0 fully saturated rings. The van der Waals surface area contributed by atoms with Crippen LogP contribution in [0.15, 0.2) is 27.0 Å². The topological polar surface area (TPSA) is 106 Å². The minimum absolute atomic E-state index is 0.0124. The van der Waals surface area contributed by atoms with Gasteiger partial charge in [-0.3, -0.25) is 9.13 Å². The van der Waals surface area contributed by atoms with Crippen molar-refractivity contribution in [3.63, 3.8) is 0 Å². The normalized spacial score (nSPS) is 11.0. The molecule has 11 heteroatoms. The van der Waals surface area contributed by atoms with Crippen molar-refractivity contribution in [2.24, 2.45) is 0 Å². The Morgan fingerprint density at radius 3 is 2.44 bits per heavy atom. The van der Waals surface area contributed by atoms with E-state index < -0.39 is 0 Å². The summed E-state index contributed by atoms with van der Waals surface area (Å²) in [4.78, 5) is 21.8. The molecule has 0 bridgehead atoms. The molecule has 2 aromatic heterocycles. The van der Waals surface area contributed by atoms with Crippen molar-refractivity contribution >= 4 is 44.6 Å². The fraction of sp³-hybridized carbons (Fsp3) is 0.381. The number of hydrogen-bond acceptors (Lipinski definition) is 7. The summed E-state index contributed by atoms with van der Waals surface area (Å²) in [6.07, 6.45) is 2.72. The highest BCUT2D eigenvalue weighted by Crippen LogP contribution is 2.45. The highest BCUT2D eigenvalue weighted by molar-refractivity contribution is 9.10. The lowest BCUT2D eigenvalue weighted by Gasteiger charge is -2.17. The van der Waals surface area contributed by atoms with Gasteiger partial charge in [-0.2, -0.15) is 9.97 Å². The molecule has 0 radical (unpaired) electrons. The first-order valence-corrected chi connectivity index (χ1v) is 10.9. The van der Waals surface area contributed by atoms with E-state index >= 15 is 0 Å². The van der Waals surface area contributed by atoms with E-state index in [2.05, 4.69) is 32.0 Å². The summed E-state index contributed by atoms with van der Waals surface area (Å²) in [6, 6.07) is 1.77. The summed E-state index contributed by atoms with van der Waals surface area (Å²) >= 11 is 9.94. The zero-order valence-corrected chi connectivity index (χ0v) is 20.9. The number of nitrogens with zero attached hydrogens (tertiary/aromatic N) is 4. The van der Waals surface area contributed by atoms with Gasteiger partial charge in [0.1, 0.15) is 5.52 Å². The number of imidazole rings is 1. The predicted molar refractivity (Wildman–Crippen MR) is 128 cm³/mol. The SMILES string of the molecule is COc1cc(Cn2c(=O)n(CCC=C(C)C)c3c(Cl)nc(N)nc32)c(Br)c(OC)c1OC. The zero-order valence-electron chi connectivity index (χ0n) is 18.5. The van der Waals surface area contributed by atoms with Crippen LogP contribution in [0.4, 0.5) is 5.95 Å². The van der Waals surface area contributed by atoms with Crippen LogP contribution in [0.2, 0.25) is 5.15 Å². The van der Waals surface area contributed by atoms with Crippen molar-refractivity contribution in [2.75, 3.05) is 27.1 Å². The van der Waals surface area contributed by atoms with E-state index in [9.17, 15) is 4.79 Å². The van der Waals surface area contributed by atoms with Crippen LogP contribution in [-0.2, 0) is 13.1 Å². The monoisotopic (exact) mass is 525 g/mol. The summed E-state index contributed by atoms with van der Waals surface area (Å²) in [5, 5.41) is 0.129. The van der Waals surface area contributed by atoms with E-state index in [0.29, 0.717) is 45.9 Å². The fourth-order valence-corrected chi connectivity index (χ4v) is 4.33. The van der Waals surface area contributed by atoms with Crippen molar-refractivity contribution < 1.29 is 14.2 Å². The second-order valence-electron chi connectivity index (χ2n) is 7.25. The molecule has 0 aliphatic rings. The molecule has 3 aromatic rings. The average molecular weight is 527 g/mol. The minimum Gasteiger partial charge on any atom is -0.493 e. The third-order valence-corrected chi connectivity index (χ3v) is 6.04. The number of rotatable bonds is 8. The van der Waals surface area contributed by atoms with E-state index in [1.807, 2.05) is 13.8 Å². The molecular weight excluding hydrogens is 502 g/mol. The molecule has 0 amide bonds. The smallest absolute Gasteiger partial charge is 0.330 e. The van der Waals surface area contributed by atoms with Crippen LogP contribution in [-0.4, -0.2) is 40.4 Å². The van der Waals surface area contributed by atoms with Gasteiger partial charge in [-0.15, -0.1) is 0 Å². The average Bonchev–Trinajstić information content (AvgIpc) is 3.00. The zero-order chi connectivity index (χ0) is 23.6. The number of hydrogen-bond donors (Lipinski definition) is 1. The maximum absolute atomic E-state index is 13.4. The molecule has 0 aliphatic heterocycles. The Kier molecular flexibility index (Phi) is 7.35. The number of aromatic nitrogens is 4. The number of fused-ring (bicyclic) bond motifs is 1. The number of methoxy groups -OCH3 is 3. The maximum atomic E-state index is 13.4. The Labute approximate surface area is 198 Å². The summed E-state index contributed by atoms with van der Waals surface area (Å²) in [5.41, 5.74) is 8.24. The number of aryl methyl sites for hydroxylation is 1. The molecule has 9 nitrogen and oxygen atoms in total. The molecule has 0 saturated carbocycles. The highest BCUT2D eigenvalue weighted by atomic mass is 79.9.